The fourth-order valence-electron chi connectivity index (χ4n) is 1.66. The van der Waals surface area contributed by atoms with Gasteiger partial charge in [0.25, 0.3) is 0 Å². The molecule has 0 saturated heterocycles. The fourth-order valence-corrected chi connectivity index (χ4v) is 2.99. The van der Waals surface area contributed by atoms with Gasteiger partial charge in [0, 0.05) is 40.1 Å². The third kappa shape index (κ3) is 5.42. The molecule has 1 unspecified atom stereocenters. The number of nitrogens with one attached hydrogen (secondary N) is 1. The van der Waals surface area contributed by atoms with E-state index in [0.717, 1.165) is 11.3 Å². The van der Waals surface area contributed by atoms with Crippen LogP contribution in [0.2, 0.25) is 0 Å². The zero-order chi connectivity index (χ0) is 14.4. The molecule has 5 heteroatoms. The predicted octanol–water partition coefficient (Wildman–Crippen LogP) is 2.31. The summed E-state index contributed by atoms with van der Waals surface area (Å²) in [4.78, 5) is 11.8. The Bertz CT molecular complexity index is 473. The molecule has 0 saturated carbocycles. The molecule has 1 amide bonds. The molecule has 0 heterocycles. The number of nitrogens with two attached hydrogens (primary N) is 1. The average molecular weight is 282 g/mol. The molecule has 0 aliphatic carbocycles. The second-order valence-electron chi connectivity index (χ2n) is 5.02. The van der Waals surface area contributed by atoms with E-state index < -0.39 is 10.8 Å². The first-order valence-corrected chi connectivity index (χ1v) is 7.89. The maximum atomic E-state index is 11.8. The van der Waals surface area contributed by atoms with Crippen LogP contribution in [0.1, 0.15) is 25.8 Å². The van der Waals surface area contributed by atoms with E-state index in [2.05, 4.69) is 5.32 Å². The Hall–Kier alpha value is -1.36. The van der Waals surface area contributed by atoms with Gasteiger partial charge >= 0.3 is 0 Å². The SMILES string of the molecule is Cc1c(N)cccc1NC(=O)CCS(=O)CC(C)C. The van der Waals surface area contributed by atoms with Crippen LogP contribution >= 0.6 is 0 Å². The molecule has 106 valence electrons. The van der Waals surface area contributed by atoms with Crippen molar-refractivity contribution in [3.63, 3.8) is 0 Å². The minimum Gasteiger partial charge on any atom is -0.398 e. The molecule has 0 fully saturated rings. The highest BCUT2D eigenvalue weighted by Gasteiger charge is 2.09. The largest absolute Gasteiger partial charge is 0.398 e. The summed E-state index contributed by atoms with van der Waals surface area (Å²) in [6.07, 6.45) is 0.271. The molecule has 1 aromatic carbocycles. The van der Waals surface area contributed by atoms with Crippen molar-refractivity contribution in [3.05, 3.63) is 23.8 Å². The molecule has 0 aliphatic heterocycles. The first-order chi connectivity index (χ1) is 8.90. The maximum absolute atomic E-state index is 11.8. The topological polar surface area (TPSA) is 72.2 Å². The minimum absolute atomic E-state index is 0.120. The highest BCUT2D eigenvalue weighted by Crippen LogP contribution is 2.20. The van der Waals surface area contributed by atoms with Crippen molar-refractivity contribution in [2.75, 3.05) is 22.6 Å². The van der Waals surface area contributed by atoms with E-state index in [-0.39, 0.29) is 12.3 Å². The lowest BCUT2D eigenvalue weighted by molar-refractivity contribution is -0.115. The third-order valence-electron chi connectivity index (χ3n) is 2.73. The van der Waals surface area contributed by atoms with Crippen LogP contribution in [0.15, 0.2) is 18.2 Å². The van der Waals surface area contributed by atoms with E-state index in [9.17, 15) is 9.00 Å². The van der Waals surface area contributed by atoms with E-state index in [4.69, 9.17) is 5.73 Å². The first kappa shape index (κ1) is 15.7. The van der Waals surface area contributed by atoms with Crippen molar-refractivity contribution in [3.8, 4) is 0 Å². The molecule has 4 nitrogen and oxygen atoms in total. The van der Waals surface area contributed by atoms with Crippen molar-refractivity contribution in [1.29, 1.82) is 0 Å². The standard InChI is InChI=1S/C14H22N2O2S/c1-10(2)9-19(18)8-7-14(17)16-13-6-4-5-12(15)11(13)3/h4-6,10H,7-9,15H2,1-3H3,(H,16,17). The zero-order valence-corrected chi connectivity index (χ0v) is 12.5. The highest BCUT2D eigenvalue weighted by molar-refractivity contribution is 7.85. The van der Waals surface area contributed by atoms with Crippen molar-refractivity contribution in [1.82, 2.24) is 0 Å². The second kappa shape index (κ2) is 7.28. The summed E-state index contributed by atoms with van der Waals surface area (Å²) in [5.41, 5.74) is 8.01. The molecule has 0 aliphatic rings. The Morgan fingerprint density at radius 3 is 2.74 bits per heavy atom. The predicted molar refractivity (Wildman–Crippen MR) is 81.6 cm³/mol. The van der Waals surface area contributed by atoms with Crippen LogP contribution in [0.4, 0.5) is 11.4 Å². The molecule has 0 aromatic heterocycles. The Kier molecular flexibility index (Phi) is 6.02. The van der Waals surface area contributed by atoms with Gasteiger partial charge in [-0.2, -0.15) is 0 Å². The summed E-state index contributed by atoms with van der Waals surface area (Å²) in [6.45, 7) is 5.91. The van der Waals surface area contributed by atoms with Crippen LogP contribution in [-0.4, -0.2) is 21.6 Å². The average Bonchev–Trinajstić information content (AvgIpc) is 2.32. The van der Waals surface area contributed by atoms with Gasteiger partial charge < -0.3 is 11.1 Å². The molecule has 1 rings (SSSR count). The fraction of sp³-hybridized carbons (Fsp3) is 0.500. The van der Waals surface area contributed by atoms with Gasteiger partial charge in [-0.05, 0) is 30.5 Å². The monoisotopic (exact) mass is 282 g/mol. The highest BCUT2D eigenvalue weighted by atomic mass is 32.2. The summed E-state index contributed by atoms with van der Waals surface area (Å²) in [5.74, 6) is 1.32. The van der Waals surface area contributed by atoms with Gasteiger partial charge in [-0.25, -0.2) is 0 Å². The summed E-state index contributed by atoms with van der Waals surface area (Å²) >= 11 is 0. The Balaban J connectivity index is 2.48. The molecule has 3 N–H and O–H groups in total. The van der Waals surface area contributed by atoms with Gasteiger partial charge in [-0.15, -0.1) is 0 Å². The number of rotatable bonds is 6. The van der Waals surface area contributed by atoms with Crippen molar-refractivity contribution >= 4 is 28.1 Å². The lowest BCUT2D eigenvalue weighted by Crippen LogP contribution is -2.17. The van der Waals surface area contributed by atoms with Crippen LogP contribution in [-0.2, 0) is 15.6 Å². The Morgan fingerprint density at radius 2 is 2.11 bits per heavy atom. The smallest absolute Gasteiger partial charge is 0.225 e. The molecular weight excluding hydrogens is 260 g/mol. The number of nitrogen functional groups attached to an aromatic ring is 1. The molecule has 0 bridgehead atoms. The summed E-state index contributed by atoms with van der Waals surface area (Å²) in [6, 6.07) is 5.41. The molecular formula is C14H22N2O2S. The Morgan fingerprint density at radius 1 is 1.42 bits per heavy atom. The van der Waals surface area contributed by atoms with Gasteiger partial charge in [0.1, 0.15) is 0 Å². The zero-order valence-electron chi connectivity index (χ0n) is 11.7. The van der Waals surface area contributed by atoms with Gasteiger partial charge in [-0.1, -0.05) is 19.9 Å². The van der Waals surface area contributed by atoms with E-state index in [1.807, 2.05) is 26.8 Å². The van der Waals surface area contributed by atoms with Crippen molar-refractivity contribution in [2.24, 2.45) is 5.92 Å². The van der Waals surface area contributed by atoms with Crippen molar-refractivity contribution in [2.45, 2.75) is 27.2 Å². The van der Waals surface area contributed by atoms with E-state index in [1.165, 1.54) is 0 Å². The quantitative estimate of drug-likeness (QED) is 0.786. The minimum atomic E-state index is -0.924. The summed E-state index contributed by atoms with van der Waals surface area (Å²) in [5, 5.41) is 2.81. The first-order valence-electron chi connectivity index (χ1n) is 6.40. The number of benzene rings is 1. The number of carbonyl (C=O) groups excluding carboxylic acids is 1. The van der Waals surface area contributed by atoms with Crippen LogP contribution in [0.5, 0.6) is 0 Å². The lowest BCUT2D eigenvalue weighted by Gasteiger charge is -2.10. The second-order valence-corrected chi connectivity index (χ2v) is 6.64. The van der Waals surface area contributed by atoms with Crippen LogP contribution in [0.25, 0.3) is 0 Å². The maximum Gasteiger partial charge on any atom is 0.225 e. The number of hydrogen-bond acceptors (Lipinski definition) is 3. The summed E-state index contributed by atoms with van der Waals surface area (Å²) < 4.78 is 11.6. The number of hydrogen-bond donors (Lipinski definition) is 2. The lowest BCUT2D eigenvalue weighted by atomic mass is 10.1. The van der Waals surface area contributed by atoms with E-state index in [1.54, 1.807) is 12.1 Å². The third-order valence-corrected chi connectivity index (χ3v) is 4.42. The van der Waals surface area contributed by atoms with Crippen LogP contribution < -0.4 is 11.1 Å². The molecule has 0 radical (unpaired) electrons. The number of carbonyl (C=O) groups is 1. The van der Waals surface area contributed by atoms with E-state index >= 15 is 0 Å². The summed E-state index contributed by atoms with van der Waals surface area (Å²) in [7, 11) is -0.924. The molecule has 0 spiro atoms. The Labute approximate surface area is 117 Å². The van der Waals surface area contributed by atoms with Gasteiger partial charge in [-0.3, -0.25) is 9.00 Å². The normalized spacial score (nSPS) is 12.4. The van der Waals surface area contributed by atoms with Crippen molar-refractivity contribution < 1.29 is 9.00 Å². The van der Waals surface area contributed by atoms with Gasteiger partial charge in [0.05, 0.1) is 0 Å². The van der Waals surface area contributed by atoms with E-state index in [0.29, 0.717) is 23.1 Å². The molecule has 19 heavy (non-hydrogen) atoms. The van der Waals surface area contributed by atoms with Crippen LogP contribution in [0.3, 0.4) is 0 Å². The molecule has 1 atom stereocenters. The van der Waals surface area contributed by atoms with Gasteiger partial charge in [0.15, 0.2) is 0 Å². The molecule has 1 aromatic rings. The number of anilines is 2. The van der Waals surface area contributed by atoms with Crippen LogP contribution in [0, 0.1) is 12.8 Å². The van der Waals surface area contributed by atoms with Gasteiger partial charge in [0.2, 0.25) is 5.91 Å². The number of amides is 1.